The van der Waals surface area contributed by atoms with Crippen LogP contribution in [-0.2, 0) is 11.2 Å². The smallest absolute Gasteiger partial charge is 0.224 e. The van der Waals surface area contributed by atoms with E-state index in [0.717, 1.165) is 18.5 Å². The van der Waals surface area contributed by atoms with Crippen LogP contribution < -0.4 is 10.6 Å². The van der Waals surface area contributed by atoms with Crippen molar-refractivity contribution >= 4 is 29.9 Å². The average molecular weight is 289 g/mol. The molecule has 1 aromatic carbocycles. The van der Waals surface area contributed by atoms with Crippen molar-refractivity contribution in [3.05, 3.63) is 34.9 Å². The summed E-state index contributed by atoms with van der Waals surface area (Å²) in [7, 11) is 0. The van der Waals surface area contributed by atoms with Crippen molar-refractivity contribution < 1.29 is 4.79 Å². The lowest BCUT2D eigenvalue weighted by molar-refractivity contribution is -0.120. The summed E-state index contributed by atoms with van der Waals surface area (Å²) in [6, 6.07) is 7.89. The standard InChI is InChI=1S/C13H17ClN2O.ClH/c14-12-6-2-1-4-10(12)8-13(17)16-9-11-5-3-7-15-11;/h1-2,4,6,11,15H,3,5,7-9H2,(H,16,17);1H. The van der Waals surface area contributed by atoms with Crippen molar-refractivity contribution in [2.75, 3.05) is 13.1 Å². The molecule has 18 heavy (non-hydrogen) atoms. The van der Waals surface area contributed by atoms with Crippen molar-refractivity contribution in [3.63, 3.8) is 0 Å². The van der Waals surface area contributed by atoms with Gasteiger partial charge in [-0.2, -0.15) is 0 Å². The largest absolute Gasteiger partial charge is 0.354 e. The SMILES string of the molecule is Cl.O=C(Cc1ccccc1Cl)NCC1CCCN1. The normalized spacial score (nSPS) is 18.2. The molecule has 1 atom stereocenters. The number of rotatable bonds is 4. The molecule has 3 nitrogen and oxygen atoms in total. The summed E-state index contributed by atoms with van der Waals surface area (Å²) in [5.41, 5.74) is 0.881. The fraction of sp³-hybridized carbons (Fsp3) is 0.462. The number of carbonyl (C=O) groups excluding carboxylic acids is 1. The lowest BCUT2D eigenvalue weighted by Gasteiger charge is -2.11. The molecule has 0 bridgehead atoms. The van der Waals surface area contributed by atoms with Gasteiger partial charge in [0.15, 0.2) is 0 Å². The molecule has 0 radical (unpaired) electrons. The van der Waals surface area contributed by atoms with Gasteiger partial charge >= 0.3 is 0 Å². The third-order valence-electron chi connectivity index (χ3n) is 3.02. The molecule has 2 rings (SSSR count). The van der Waals surface area contributed by atoms with Crippen LogP contribution in [0.25, 0.3) is 0 Å². The van der Waals surface area contributed by atoms with Crippen LogP contribution in [0.15, 0.2) is 24.3 Å². The first-order valence-electron chi connectivity index (χ1n) is 5.99. The molecule has 1 aliphatic rings. The Morgan fingerprint density at radius 1 is 1.44 bits per heavy atom. The predicted octanol–water partition coefficient (Wildman–Crippen LogP) is 2.17. The zero-order valence-electron chi connectivity index (χ0n) is 10.1. The maximum atomic E-state index is 11.7. The molecule has 100 valence electrons. The molecule has 0 aliphatic carbocycles. The molecule has 1 heterocycles. The first-order valence-corrected chi connectivity index (χ1v) is 6.37. The maximum Gasteiger partial charge on any atom is 0.224 e. The zero-order valence-corrected chi connectivity index (χ0v) is 11.7. The van der Waals surface area contributed by atoms with Crippen LogP contribution in [0.4, 0.5) is 0 Å². The Kier molecular flexibility index (Phi) is 6.47. The van der Waals surface area contributed by atoms with E-state index in [2.05, 4.69) is 10.6 Å². The third-order valence-corrected chi connectivity index (χ3v) is 3.39. The van der Waals surface area contributed by atoms with Crippen molar-refractivity contribution in [1.29, 1.82) is 0 Å². The van der Waals surface area contributed by atoms with E-state index in [-0.39, 0.29) is 18.3 Å². The van der Waals surface area contributed by atoms with Gasteiger partial charge in [0.05, 0.1) is 6.42 Å². The molecular formula is C13H18Cl2N2O. The Bertz CT molecular complexity index is 392. The molecule has 0 spiro atoms. The van der Waals surface area contributed by atoms with E-state index >= 15 is 0 Å². The number of amides is 1. The summed E-state index contributed by atoms with van der Waals surface area (Å²) in [6.45, 7) is 1.77. The molecule has 1 saturated heterocycles. The minimum absolute atomic E-state index is 0. The summed E-state index contributed by atoms with van der Waals surface area (Å²) < 4.78 is 0. The molecule has 5 heteroatoms. The van der Waals surface area contributed by atoms with Gasteiger partial charge < -0.3 is 10.6 Å². The molecule has 0 aromatic heterocycles. The Balaban J connectivity index is 0.00000162. The summed E-state index contributed by atoms with van der Waals surface area (Å²) in [6.07, 6.45) is 2.70. The van der Waals surface area contributed by atoms with Crippen molar-refractivity contribution in [3.8, 4) is 0 Å². The van der Waals surface area contributed by atoms with Crippen LogP contribution in [0, 0.1) is 0 Å². The Hall–Kier alpha value is -0.770. The van der Waals surface area contributed by atoms with Gasteiger partial charge in [-0.1, -0.05) is 29.8 Å². The second kappa shape index (κ2) is 7.62. The highest BCUT2D eigenvalue weighted by molar-refractivity contribution is 6.31. The predicted molar refractivity (Wildman–Crippen MR) is 76.4 cm³/mol. The molecule has 1 amide bonds. The molecule has 0 saturated carbocycles. The first-order chi connectivity index (χ1) is 8.25. The van der Waals surface area contributed by atoms with Gasteiger partial charge in [0.1, 0.15) is 0 Å². The van der Waals surface area contributed by atoms with E-state index in [1.54, 1.807) is 0 Å². The van der Waals surface area contributed by atoms with Gasteiger partial charge in [-0.3, -0.25) is 4.79 Å². The average Bonchev–Trinajstić information content (AvgIpc) is 2.82. The monoisotopic (exact) mass is 288 g/mol. The number of hydrogen-bond donors (Lipinski definition) is 2. The minimum atomic E-state index is 0. The molecule has 1 unspecified atom stereocenters. The van der Waals surface area contributed by atoms with E-state index in [9.17, 15) is 4.79 Å². The third kappa shape index (κ3) is 4.48. The van der Waals surface area contributed by atoms with Crippen LogP contribution in [-0.4, -0.2) is 25.0 Å². The lowest BCUT2D eigenvalue weighted by atomic mass is 10.1. The molecular weight excluding hydrogens is 271 g/mol. The number of nitrogens with one attached hydrogen (secondary N) is 2. The fourth-order valence-electron chi connectivity index (χ4n) is 2.05. The number of benzene rings is 1. The quantitative estimate of drug-likeness (QED) is 0.892. The minimum Gasteiger partial charge on any atom is -0.354 e. The van der Waals surface area contributed by atoms with Gasteiger partial charge in [-0.05, 0) is 31.0 Å². The van der Waals surface area contributed by atoms with E-state index in [1.807, 2.05) is 24.3 Å². The van der Waals surface area contributed by atoms with E-state index < -0.39 is 0 Å². The first kappa shape index (κ1) is 15.3. The number of halogens is 2. The summed E-state index contributed by atoms with van der Waals surface area (Å²) in [5.74, 6) is 0.0341. The highest BCUT2D eigenvalue weighted by Gasteiger charge is 2.14. The maximum absolute atomic E-state index is 11.7. The van der Waals surface area contributed by atoms with Crippen LogP contribution in [0.2, 0.25) is 5.02 Å². The fourth-order valence-corrected chi connectivity index (χ4v) is 2.25. The Morgan fingerprint density at radius 3 is 2.89 bits per heavy atom. The second-order valence-electron chi connectivity index (χ2n) is 4.37. The van der Waals surface area contributed by atoms with Crippen molar-refractivity contribution in [1.82, 2.24) is 10.6 Å². The summed E-state index contributed by atoms with van der Waals surface area (Å²) in [4.78, 5) is 11.7. The highest BCUT2D eigenvalue weighted by Crippen LogP contribution is 2.15. The molecule has 1 fully saturated rings. The van der Waals surface area contributed by atoms with E-state index in [0.29, 0.717) is 24.0 Å². The number of carbonyl (C=O) groups is 1. The lowest BCUT2D eigenvalue weighted by Crippen LogP contribution is -2.37. The van der Waals surface area contributed by atoms with Crippen LogP contribution >= 0.6 is 24.0 Å². The van der Waals surface area contributed by atoms with Gasteiger partial charge in [-0.25, -0.2) is 0 Å². The second-order valence-corrected chi connectivity index (χ2v) is 4.77. The van der Waals surface area contributed by atoms with Gasteiger partial charge in [0.2, 0.25) is 5.91 Å². The Morgan fingerprint density at radius 2 is 2.22 bits per heavy atom. The molecule has 2 N–H and O–H groups in total. The summed E-state index contributed by atoms with van der Waals surface area (Å²) in [5, 5.41) is 6.94. The van der Waals surface area contributed by atoms with Crippen LogP contribution in [0.1, 0.15) is 18.4 Å². The van der Waals surface area contributed by atoms with E-state index in [1.165, 1.54) is 6.42 Å². The zero-order chi connectivity index (χ0) is 12.1. The van der Waals surface area contributed by atoms with Crippen LogP contribution in [0.5, 0.6) is 0 Å². The van der Waals surface area contributed by atoms with Gasteiger partial charge in [0.25, 0.3) is 0 Å². The highest BCUT2D eigenvalue weighted by atomic mass is 35.5. The van der Waals surface area contributed by atoms with Crippen LogP contribution in [0.3, 0.4) is 0 Å². The molecule has 1 aliphatic heterocycles. The van der Waals surface area contributed by atoms with Crippen molar-refractivity contribution in [2.45, 2.75) is 25.3 Å². The number of hydrogen-bond acceptors (Lipinski definition) is 2. The van der Waals surface area contributed by atoms with Gasteiger partial charge in [0, 0.05) is 17.6 Å². The van der Waals surface area contributed by atoms with Gasteiger partial charge in [-0.15, -0.1) is 12.4 Å². The Labute approximate surface area is 119 Å². The molecule has 1 aromatic rings. The van der Waals surface area contributed by atoms with Crippen molar-refractivity contribution in [2.24, 2.45) is 0 Å². The topological polar surface area (TPSA) is 41.1 Å². The summed E-state index contributed by atoms with van der Waals surface area (Å²) >= 11 is 6.00. The van der Waals surface area contributed by atoms with E-state index in [4.69, 9.17) is 11.6 Å².